The predicted molar refractivity (Wildman–Crippen MR) is 77.4 cm³/mol. The van der Waals surface area contributed by atoms with Gasteiger partial charge in [-0.15, -0.1) is 0 Å². The van der Waals surface area contributed by atoms with Crippen molar-refractivity contribution in [1.82, 2.24) is 9.97 Å². The Hall–Kier alpha value is -2.70. The van der Waals surface area contributed by atoms with Crippen molar-refractivity contribution in [3.8, 4) is 5.75 Å². The van der Waals surface area contributed by atoms with Crippen LogP contribution in [0.25, 0.3) is 11.0 Å². The van der Waals surface area contributed by atoms with Crippen LogP contribution in [0.15, 0.2) is 42.6 Å². The standard InChI is InChI=1S/C15H12F3N3O/c1-22-10-4-2-9(3-5-10)20-12-6-7-19-14-11(12)8-13(21-14)15(16,17)18/h2-8H,1H3,(H2,19,20,21). The van der Waals surface area contributed by atoms with E-state index in [2.05, 4.69) is 15.3 Å². The van der Waals surface area contributed by atoms with Crippen molar-refractivity contribution in [2.24, 2.45) is 0 Å². The smallest absolute Gasteiger partial charge is 0.431 e. The van der Waals surface area contributed by atoms with Gasteiger partial charge in [-0.1, -0.05) is 0 Å². The van der Waals surface area contributed by atoms with Crippen LogP contribution in [0.3, 0.4) is 0 Å². The number of halogens is 3. The number of nitrogens with one attached hydrogen (secondary N) is 2. The second kappa shape index (κ2) is 5.25. The Labute approximate surface area is 123 Å². The SMILES string of the molecule is COc1ccc(Nc2ccnc3[nH]c(C(F)(F)F)cc23)cc1. The second-order valence-electron chi connectivity index (χ2n) is 4.66. The number of alkyl halides is 3. The number of methoxy groups -OCH3 is 1. The summed E-state index contributed by atoms with van der Waals surface area (Å²) in [5.41, 5.74) is 0.648. The summed E-state index contributed by atoms with van der Waals surface area (Å²) in [6, 6.07) is 9.76. The van der Waals surface area contributed by atoms with Gasteiger partial charge in [-0.2, -0.15) is 13.2 Å². The van der Waals surface area contributed by atoms with E-state index < -0.39 is 11.9 Å². The number of aromatic nitrogens is 2. The van der Waals surface area contributed by atoms with Crippen molar-refractivity contribution in [3.63, 3.8) is 0 Å². The Morgan fingerprint density at radius 3 is 2.50 bits per heavy atom. The molecule has 0 atom stereocenters. The number of pyridine rings is 1. The first-order valence-corrected chi connectivity index (χ1v) is 6.43. The van der Waals surface area contributed by atoms with Gasteiger partial charge in [-0.25, -0.2) is 4.98 Å². The first-order valence-electron chi connectivity index (χ1n) is 6.43. The van der Waals surface area contributed by atoms with E-state index in [1.807, 2.05) is 0 Å². The first kappa shape index (κ1) is 14.2. The molecule has 3 aromatic rings. The maximum absolute atomic E-state index is 12.8. The lowest BCUT2D eigenvalue weighted by Crippen LogP contribution is -2.04. The zero-order valence-electron chi connectivity index (χ0n) is 11.5. The van der Waals surface area contributed by atoms with Crippen LogP contribution in [0.4, 0.5) is 24.5 Å². The molecule has 22 heavy (non-hydrogen) atoms. The molecule has 0 unspecified atom stereocenters. The van der Waals surface area contributed by atoms with Crippen LogP contribution in [0.1, 0.15) is 5.69 Å². The number of hydrogen-bond acceptors (Lipinski definition) is 3. The third-order valence-electron chi connectivity index (χ3n) is 3.21. The second-order valence-corrected chi connectivity index (χ2v) is 4.66. The van der Waals surface area contributed by atoms with Crippen LogP contribution < -0.4 is 10.1 Å². The molecule has 2 aromatic heterocycles. The highest BCUT2D eigenvalue weighted by Crippen LogP contribution is 2.33. The topological polar surface area (TPSA) is 49.9 Å². The molecular weight excluding hydrogens is 295 g/mol. The summed E-state index contributed by atoms with van der Waals surface area (Å²) >= 11 is 0. The molecule has 2 N–H and O–H groups in total. The molecule has 0 saturated carbocycles. The average molecular weight is 307 g/mol. The predicted octanol–water partition coefficient (Wildman–Crippen LogP) is 4.33. The summed E-state index contributed by atoms with van der Waals surface area (Å²) in [5.74, 6) is 0.700. The van der Waals surface area contributed by atoms with Crippen molar-refractivity contribution < 1.29 is 17.9 Å². The number of hydrogen-bond donors (Lipinski definition) is 2. The van der Waals surface area contributed by atoms with Crippen molar-refractivity contribution in [3.05, 3.63) is 48.3 Å². The van der Waals surface area contributed by atoms with Crippen LogP contribution in [0, 0.1) is 0 Å². The van der Waals surface area contributed by atoms with Gasteiger partial charge < -0.3 is 15.0 Å². The van der Waals surface area contributed by atoms with E-state index in [0.29, 0.717) is 16.8 Å². The van der Waals surface area contributed by atoms with Gasteiger partial charge in [0.1, 0.15) is 17.1 Å². The Morgan fingerprint density at radius 2 is 1.86 bits per heavy atom. The summed E-state index contributed by atoms with van der Waals surface area (Å²) in [5, 5.41) is 3.46. The third-order valence-corrected chi connectivity index (χ3v) is 3.21. The summed E-state index contributed by atoms with van der Waals surface area (Å²) in [7, 11) is 1.56. The Balaban J connectivity index is 1.97. The van der Waals surface area contributed by atoms with Crippen molar-refractivity contribution in [1.29, 1.82) is 0 Å². The van der Waals surface area contributed by atoms with Gasteiger partial charge in [0, 0.05) is 17.3 Å². The normalized spacial score (nSPS) is 11.6. The number of nitrogens with zero attached hydrogens (tertiary/aromatic N) is 1. The molecule has 0 amide bonds. The van der Waals surface area contributed by atoms with Crippen LogP contribution in [0.5, 0.6) is 5.75 Å². The van der Waals surface area contributed by atoms with Crippen molar-refractivity contribution in [2.75, 3.05) is 12.4 Å². The molecule has 3 rings (SSSR count). The fourth-order valence-corrected chi connectivity index (χ4v) is 2.12. The molecule has 1 aromatic carbocycles. The van der Waals surface area contributed by atoms with Gasteiger partial charge in [0.2, 0.25) is 0 Å². The molecule has 114 valence electrons. The number of anilines is 2. The molecule has 0 aliphatic heterocycles. The largest absolute Gasteiger partial charge is 0.497 e. The number of benzene rings is 1. The van der Waals surface area contributed by atoms with E-state index in [1.165, 1.54) is 6.20 Å². The lowest BCUT2D eigenvalue weighted by atomic mass is 10.2. The van der Waals surface area contributed by atoms with Crippen LogP contribution in [0.2, 0.25) is 0 Å². The molecule has 0 fully saturated rings. The fourth-order valence-electron chi connectivity index (χ4n) is 2.12. The molecule has 7 heteroatoms. The molecule has 0 spiro atoms. The maximum Gasteiger partial charge on any atom is 0.431 e. The highest BCUT2D eigenvalue weighted by atomic mass is 19.4. The molecule has 2 heterocycles. The van der Waals surface area contributed by atoms with E-state index in [9.17, 15) is 13.2 Å². The highest BCUT2D eigenvalue weighted by Gasteiger charge is 2.33. The van der Waals surface area contributed by atoms with Gasteiger partial charge in [-0.05, 0) is 36.4 Å². The Bertz CT molecular complexity index is 794. The molecule has 0 aliphatic carbocycles. The van der Waals surface area contributed by atoms with Crippen LogP contribution >= 0.6 is 0 Å². The Kier molecular flexibility index (Phi) is 3.40. The molecule has 0 bridgehead atoms. The lowest BCUT2D eigenvalue weighted by Gasteiger charge is -2.08. The zero-order valence-corrected chi connectivity index (χ0v) is 11.5. The van der Waals surface area contributed by atoms with Gasteiger partial charge in [-0.3, -0.25) is 0 Å². The number of ether oxygens (including phenoxy) is 1. The lowest BCUT2D eigenvalue weighted by molar-refractivity contribution is -0.140. The zero-order chi connectivity index (χ0) is 15.7. The van der Waals surface area contributed by atoms with Gasteiger partial charge in [0.15, 0.2) is 0 Å². The minimum absolute atomic E-state index is 0.186. The number of rotatable bonds is 3. The minimum atomic E-state index is -4.43. The summed E-state index contributed by atoms with van der Waals surface area (Å²) in [4.78, 5) is 6.21. The summed E-state index contributed by atoms with van der Waals surface area (Å²) in [6.45, 7) is 0. The number of H-pyrrole nitrogens is 1. The van der Waals surface area contributed by atoms with E-state index in [-0.39, 0.29) is 5.65 Å². The average Bonchev–Trinajstić information content (AvgIpc) is 2.93. The molecule has 4 nitrogen and oxygen atoms in total. The third kappa shape index (κ3) is 2.69. The van der Waals surface area contributed by atoms with Crippen LogP contribution in [-0.4, -0.2) is 17.1 Å². The van der Waals surface area contributed by atoms with E-state index >= 15 is 0 Å². The van der Waals surface area contributed by atoms with Crippen LogP contribution in [-0.2, 0) is 6.18 Å². The molecular formula is C15H12F3N3O. The van der Waals surface area contributed by atoms with Gasteiger partial charge >= 0.3 is 6.18 Å². The molecule has 0 saturated heterocycles. The number of aromatic amines is 1. The summed E-state index contributed by atoms with van der Waals surface area (Å²) < 4.78 is 43.4. The number of fused-ring (bicyclic) bond motifs is 1. The Morgan fingerprint density at radius 1 is 1.14 bits per heavy atom. The quantitative estimate of drug-likeness (QED) is 0.757. The van der Waals surface area contributed by atoms with Crippen molar-refractivity contribution in [2.45, 2.75) is 6.18 Å². The van der Waals surface area contributed by atoms with Crippen molar-refractivity contribution >= 4 is 22.4 Å². The van der Waals surface area contributed by atoms with Gasteiger partial charge in [0.25, 0.3) is 0 Å². The van der Waals surface area contributed by atoms with E-state index in [1.54, 1.807) is 37.4 Å². The van der Waals surface area contributed by atoms with E-state index in [0.717, 1.165) is 11.8 Å². The molecule has 0 aliphatic rings. The van der Waals surface area contributed by atoms with E-state index in [4.69, 9.17) is 4.74 Å². The minimum Gasteiger partial charge on any atom is -0.497 e. The monoisotopic (exact) mass is 307 g/mol. The maximum atomic E-state index is 12.8. The van der Waals surface area contributed by atoms with Gasteiger partial charge in [0.05, 0.1) is 12.8 Å². The first-order chi connectivity index (χ1) is 10.5. The highest BCUT2D eigenvalue weighted by molar-refractivity contribution is 5.92. The summed E-state index contributed by atoms with van der Waals surface area (Å²) in [6.07, 6.45) is -2.98. The molecule has 0 radical (unpaired) electrons. The fraction of sp³-hybridized carbons (Fsp3) is 0.133.